The van der Waals surface area contributed by atoms with Crippen molar-refractivity contribution in [1.82, 2.24) is 0 Å². The molecule has 3 N–H and O–H groups in total. The van der Waals surface area contributed by atoms with E-state index in [1.165, 1.54) is 19.2 Å². The molecule has 0 spiro atoms. The van der Waals surface area contributed by atoms with Crippen molar-refractivity contribution in [3.8, 4) is 5.75 Å². The number of hydrogen-bond acceptors (Lipinski definition) is 3. The van der Waals surface area contributed by atoms with E-state index in [-0.39, 0.29) is 6.54 Å². The number of aliphatic hydroxyl groups excluding tert-OH is 1. The highest BCUT2D eigenvalue weighted by molar-refractivity contribution is 5.42. The molecule has 84 valence electrons. The van der Waals surface area contributed by atoms with Crippen molar-refractivity contribution < 1.29 is 14.2 Å². The maximum absolute atomic E-state index is 13.2. The first-order chi connectivity index (χ1) is 7.13. The Bertz CT molecular complexity index is 342. The Kier molecular flexibility index (Phi) is 4.05. The molecule has 0 aromatic heterocycles. The largest absolute Gasteiger partial charge is 0.496 e. The lowest BCUT2D eigenvalue weighted by Crippen LogP contribution is -2.14. The van der Waals surface area contributed by atoms with Gasteiger partial charge >= 0.3 is 0 Å². The van der Waals surface area contributed by atoms with Crippen LogP contribution in [0, 0.1) is 5.82 Å². The summed E-state index contributed by atoms with van der Waals surface area (Å²) in [5.41, 5.74) is 6.67. The zero-order chi connectivity index (χ0) is 11.4. The predicted molar refractivity (Wildman–Crippen MR) is 56.3 cm³/mol. The SMILES string of the molecule is CCc1c(OC)cc(F)cc1C(O)CN. The van der Waals surface area contributed by atoms with E-state index in [9.17, 15) is 9.50 Å². The molecule has 0 fully saturated rings. The first-order valence-electron chi connectivity index (χ1n) is 4.88. The van der Waals surface area contributed by atoms with Crippen LogP contribution in [0.2, 0.25) is 0 Å². The summed E-state index contributed by atoms with van der Waals surface area (Å²) in [6, 6.07) is 2.62. The van der Waals surface area contributed by atoms with Gasteiger partial charge in [-0.25, -0.2) is 4.39 Å². The molecule has 0 aliphatic carbocycles. The lowest BCUT2D eigenvalue weighted by molar-refractivity contribution is 0.184. The van der Waals surface area contributed by atoms with Crippen molar-refractivity contribution in [1.29, 1.82) is 0 Å². The molecule has 3 nitrogen and oxygen atoms in total. The lowest BCUT2D eigenvalue weighted by Gasteiger charge is -2.16. The maximum atomic E-state index is 13.2. The van der Waals surface area contributed by atoms with Gasteiger partial charge in [0.25, 0.3) is 0 Å². The van der Waals surface area contributed by atoms with Crippen LogP contribution in [0.5, 0.6) is 5.75 Å². The standard InChI is InChI=1S/C11H16FNO2/c1-3-8-9(10(14)6-13)4-7(12)5-11(8)15-2/h4-5,10,14H,3,6,13H2,1-2H3. The van der Waals surface area contributed by atoms with Gasteiger partial charge in [-0.05, 0) is 23.6 Å². The van der Waals surface area contributed by atoms with Gasteiger partial charge in [-0.15, -0.1) is 0 Å². The van der Waals surface area contributed by atoms with E-state index < -0.39 is 11.9 Å². The molecule has 0 heterocycles. The Hall–Kier alpha value is -1.13. The van der Waals surface area contributed by atoms with E-state index in [0.29, 0.717) is 17.7 Å². The minimum Gasteiger partial charge on any atom is -0.496 e. The Morgan fingerprint density at radius 2 is 2.20 bits per heavy atom. The van der Waals surface area contributed by atoms with Crippen molar-refractivity contribution in [2.45, 2.75) is 19.4 Å². The minimum atomic E-state index is -0.843. The molecule has 0 aliphatic heterocycles. The van der Waals surface area contributed by atoms with Gasteiger partial charge in [-0.3, -0.25) is 0 Å². The molecule has 0 aliphatic rings. The van der Waals surface area contributed by atoms with Crippen LogP contribution in [0.25, 0.3) is 0 Å². The van der Waals surface area contributed by atoms with Crippen LogP contribution >= 0.6 is 0 Å². The van der Waals surface area contributed by atoms with Crippen molar-refractivity contribution in [2.75, 3.05) is 13.7 Å². The predicted octanol–water partition coefficient (Wildman–Crippen LogP) is 1.39. The number of nitrogens with two attached hydrogens (primary N) is 1. The van der Waals surface area contributed by atoms with E-state index in [1.54, 1.807) is 0 Å². The zero-order valence-corrected chi connectivity index (χ0v) is 8.96. The average Bonchev–Trinajstić information content (AvgIpc) is 2.26. The van der Waals surface area contributed by atoms with E-state index in [4.69, 9.17) is 10.5 Å². The highest BCUT2D eigenvalue weighted by atomic mass is 19.1. The maximum Gasteiger partial charge on any atom is 0.127 e. The van der Waals surface area contributed by atoms with Gasteiger partial charge in [0, 0.05) is 12.6 Å². The second-order valence-corrected chi connectivity index (χ2v) is 3.28. The average molecular weight is 213 g/mol. The topological polar surface area (TPSA) is 55.5 Å². The van der Waals surface area contributed by atoms with Gasteiger partial charge in [0.05, 0.1) is 13.2 Å². The van der Waals surface area contributed by atoms with E-state index in [2.05, 4.69) is 0 Å². The van der Waals surface area contributed by atoms with Gasteiger partial charge in [0.2, 0.25) is 0 Å². The third kappa shape index (κ3) is 2.46. The van der Waals surface area contributed by atoms with Crippen molar-refractivity contribution in [3.63, 3.8) is 0 Å². The Labute approximate surface area is 88.7 Å². The molecule has 0 radical (unpaired) electrons. The monoisotopic (exact) mass is 213 g/mol. The minimum absolute atomic E-state index is 0.0691. The van der Waals surface area contributed by atoms with Crippen molar-refractivity contribution in [2.24, 2.45) is 5.73 Å². The summed E-state index contributed by atoms with van der Waals surface area (Å²) in [7, 11) is 1.48. The van der Waals surface area contributed by atoms with Gasteiger partial charge < -0.3 is 15.6 Å². The second kappa shape index (κ2) is 5.09. The highest BCUT2D eigenvalue weighted by Gasteiger charge is 2.15. The number of methoxy groups -OCH3 is 1. The van der Waals surface area contributed by atoms with Crippen molar-refractivity contribution in [3.05, 3.63) is 29.1 Å². The smallest absolute Gasteiger partial charge is 0.127 e. The van der Waals surface area contributed by atoms with Crippen LogP contribution in [0.4, 0.5) is 4.39 Å². The number of hydrogen-bond donors (Lipinski definition) is 2. The molecule has 1 atom stereocenters. The van der Waals surface area contributed by atoms with E-state index >= 15 is 0 Å². The Balaban J connectivity index is 3.28. The molecule has 0 saturated carbocycles. The number of aliphatic hydroxyl groups is 1. The number of rotatable bonds is 4. The molecular weight excluding hydrogens is 197 g/mol. The lowest BCUT2D eigenvalue weighted by atomic mass is 9.99. The van der Waals surface area contributed by atoms with Crippen LogP contribution in [-0.2, 0) is 6.42 Å². The number of halogens is 1. The Morgan fingerprint density at radius 1 is 1.53 bits per heavy atom. The molecule has 15 heavy (non-hydrogen) atoms. The van der Waals surface area contributed by atoms with Crippen molar-refractivity contribution >= 4 is 0 Å². The van der Waals surface area contributed by atoms with Gasteiger partial charge in [-0.2, -0.15) is 0 Å². The van der Waals surface area contributed by atoms with Gasteiger partial charge in [0.15, 0.2) is 0 Å². The molecule has 0 bridgehead atoms. The van der Waals surface area contributed by atoms with Gasteiger partial charge in [-0.1, -0.05) is 6.92 Å². The van der Waals surface area contributed by atoms with Crippen LogP contribution in [0.15, 0.2) is 12.1 Å². The zero-order valence-electron chi connectivity index (χ0n) is 8.96. The quantitative estimate of drug-likeness (QED) is 0.794. The fourth-order valence-electron chi connectivity index (χ4n) is 1.62. The molecule has 0 amide bonds. The molecule has 1 aromatic carbocycles. The van der Waals surface area contributed by atoms with Crippen LogP contribution < -0.4 is 10.5 Å². The number of benzene rings is 1. The normalized spacial score (nSPS) is 12.6. The molecular formula is C11H16FNO2. The third-order valence-electron chi connectivity index (χ3n) is 2.36. The van der Waals surface area contributed by atoms with Crippen LogP contribution in [0.3, 0.4) is 0 Å². The summed E-state index contributed by atoms with van der Waals surface area (Å²) in [5.74, 6) is 0.0338. The third-order valence-corrected chi connectivity index (χ3v) is 2.36. The summed E-state index contributed by atoms with van der Waals surface area (Å²) in [5, 5.41) is 9.64. The summed E-state index contributed by atoms with van der Waals surface area (Å²) in [6.07, 6.45) is -0.180. The van der Waals surface area contributed by atoms with E-state index in [1.807, 2.05) is 6.92 Å². The van der Waals surface area contributed by atoms with Crippen LogP contribution in [0.1, 0.15) is 24.2 Å². The van der Waals surface area contributed by atoms with Gasteiger partial charge in [0.1, 0.15) is 11.6 Å². The Morgan fingerprint density at radius 3 is 2.67 bits per heavy atom. The summed E-state index contributed by atoms with van der Waals surface area (Å²) >= 11 is 0. The fourth-order valence-corrected chi connectivity index (χ4v) is 1.62. The first-order valence-corrected chi connectivity index (χ1v) is 4.88. The van der Waals surface area contributed by atoms with E-state index in [0.717, 1.165) is 5.56 Å². The molecule has 1 rings (SSSR count). The molecule has 4 heteroatoms. The fraction of sp³-hybridized carbons (Fsp3) is 0.455. The van der Waals surface area contributed by atoms with Crippen LogP contribution in [-0.4, -0.2) is 18.8 Å². The summed E-state index contributed by atoms with van der Waals surface area (Å²) in [4.78, 5) is 0. The molecule has 0 saturated heterocycles. The second-order valence-electron chi connectivity index (χ2n) is 3.28. The molecule has 1 aromatic rings. The summed E-state index contributed by atoms with van der Waals surface area (Å²) < 4.78 is 18.3. The first kappa shape index (κ1) is 11.9. The number of ether oxygens (including phenoxy) is 1. The highest BCUT2D eigenvalue weighted by Crippen LogP contribution is 2.28. The molecule has 1 unspecified atom stereocenters. The summed E-state index contributed by atoms with van der Waals surface area (Å²) in [6.45, 7) is 1.99.